The van der Waals surface area contributed by atoms with E-state index in [1.165, 1.54) is 205 Å². The van der Waals surface area contributed by atoms with E-state index in [1.54, 1.807) is 0 Å². The zero-order chi connectivity index (χ0) is 51.4. The molecule has 0 N–H and O–H groups in total. The summed E-state index contributed by atoms with van der Waals surface area (Å²) in [6.45, 7) is 6.63. The molecule has 1 atom stereocenters. The van der Waals surface area contributed by atoms with E-state index in [9.17, 15) is 14.4 Å². The molecule has 0 radical (unpaired) electrons. The zero-order valence-electron chi connectivity index (χ0n) is 47.5. The molecule has 0 fully saturated rings. The second-order valence-electron chi connectivity index (χ2n) is 21.0. The van der Waals surface area contributed by atoms with Gasteiger partial charge in [-0.3, -0.25) is 14.4 Å². The van der Waals surface area contributed by atoms with Gasteiger partial charge in [-0.15, -0.1) is 0 Å². The van der Waals surface area contributed by atoms with Gasteiger partial charge in [0, 0.05) is 19.3 Å². The summed E-state index contributed by atoms with van der Waals surface area (Å²) in [6.07, 6.45) is 74.0. The van der Waals surface area contributed by atoms with E-state index in [4.69, 9.17) is 14.2 Å². The van der Waals surface area contributed by atoms with Crippen molar-refractivity contribution >= 4 is 17.9 Å². The van der Waals surface area contributed by atoms with Crippen molar-refractivity contribution in [3.05, 3.63) is 48.6 Å². The third kappa shape index (κ3) is 58.1. The molecular weight excluding hydrogens is 877 g/mol. The maximum Gasteiger partial charge on any atom is 0.306 e. The van der Waals surface area contributed by atoms with Crippen molar-refractivity contribution in [1.29, 1.82) is 0 Å². The minimum Gasteiger partial charge on any atom is -0.462 e. The first-order valence-electron chi connectivity index (χ1n) is 31.1. The van der Waals surface area contributed by atoms with Gasteiger partial charge in [-0.1, -0.05) is 275 Å². The fraction of sp³-hybridized carbons (Fsp3) is 0.831. The number of hydrogen-bond donors (Lipinski definition) is 0. The van der Waals surface area contributed by atoms with Crippen LogP contribution < -0.4 is 0 Å². The first-order valence-corrected chi connectivity index (χ1v) is 31.1. The quantitative estimate of drug-likeness (QED) is 0.0261. The normalized spacial score (nSPS) is 12.3. The number of carbonyl (C=O) groups is 3. The van der Waals surface area contributed by atoms with Crippen molar-refractivity contribution in [2.45, 2.75) is 335 Å². The number of rotatable bonds is 57. The van der Waals surface area contributed by atoms with Gasteiger partial charge in [-0.25, -0.2) is 0 Å². The summed E-state index contributed by atoms with van der Waals surface area (Å²) in [5, 5.41) is 0. The summed E-state index contributed by atoms with van der Waals surface area (Å²) in [6, 6.07) is 0. The molecule has 414 valence electrons. The van der Waals surface area contributed by atoms with Crippen LogP contribution in [0.2, 0.25) is 0 Å². The molecule has 0 saturated heterocycles. The second kappa shape index (κ2) is 59.9. The Bertz CT molecular complexity index is 1230. The van der Waals surface area contributed by atoms with E-state index in [1.807, 2.05) is 0 Å². The molecule has 0 aromatic heterocycles. The Labute approximate surface area is 441 Å². The maximum atomic E-state index is 12.9. The maximum absolute atomic E-state index is 12.9. The molecular formula is C65H118O6. The Morgan fingerprint density at radius 3 is 0.831 bits per heavy atom. The van der Waals surface area contributed by atoms with Crippen molar-refractivity contribution in [3.63, 3.8) is 0 Å². The number of hydrogen-bond acceptors (Lipinski definition) is 6. The molecule has 0 heterocycles. The summed E-state index contributed by atoms with van der Waals surface area (Å²) in [7, 11) is 0. The first kappa shape index (κ1) is 68.4. The fourth-order valence-corrected chi connectivity index (χ4v) is 9.09. The second-order valence-corrected chi connectivity index (χ2v) is 21.0. The van der Waals surface area contributed by atoms with Crippen molar-refractivity contribution < 1.29 is 28.6 Å². The molecule has 0 aliphatic heterocycles. The van der Waals surface area contributed by atoms with Crippen LogP contribution in [0.25, 0.3) is 0 Å². The van der Waals surface area contributed by atoms with Crippen LogP contribution >= 0.6 is 0 Å². The molecule has 0 aromatic rings. The van der Waals surface area contributed by atoms with Gasteiger partial charge < -0.3 is 14.2 Å². The molecule has 0 aromatic carbocycles. The average Bonchev–Trinajstić information content (AvgIpc) is 3.37. The molecule has 0 aliphatic carbocycles. The van der Waals surface area contributed by atoms with Crippen LogP contribution in [0, 0.1) is 0 Å². The van der Waals surface area contributed by atoms with Crippen LogP contribution in [-0.2, 0) is 28.6 Å². The topological polar surface area (TPSA) is 78.9 Å². The molecule has 71 heavy (non-hydrogen) atoms. The van der Waals surface area contributed by atoms with Crippen LogP contribution in [0.1, 0.15) is 329 Å². The van der Waals surface area contributed by atoms with Crippen molar-refractivity contribution in [3.8, 4) is 0 Å². The Morgan fingerprint density at radius 2 is 0.507 bits per heavy atom. The minimum absolute atomic E-state index is 0.0788. The van der Waals surface area contributed by atoms with Crippen molar-refractivity contribution in [2.75, 3.05) is 13.2 Å². The van der Waals surface area contributed by atoms with Gasteiger partial charge in [0.05, 0.1) is 0 Å². The molecule has 0 bridgehead atoms. The monoisotopic (exact) mass is 995 g/mol. The van der Waals surface area contributed by atoms with Gasteiger partial charge in [0.1, 0.15) is 13.2 Å². The smallest absolute Gasteiger partial charge is 0.306 e. The lowest BCUT2D eigenvalue weighted by atomic mass is 10.0. The average molecular weight is 996 g/mol. The van der Waals surface area contributed by atoms with E-state index in [0.717, 1.165) is 83.5 Å². The van der Waals surface area contributed by atoms with Crippen LogP contribution in [0.3, 0.4) is 0 Å². The fourth-order valence-electron chi connectivity index (χ4n) is 9.09. The van der Waals surface area contributed by atoms with E-state index in [2.05, 4.69) is 69.4 Å². The Hall–Kier alpha value is -2.63. The third-order valence-corrected chi connectivity index (χ3v) is 13.8. The molecule has 1 unspecified atom stereocenters. The minimum atomic E-state index is -0.780. The van der Waals surface area contributed by atoms with Gasteiger partial charge >= 0.3 is 17.9 Å². The molecule has 6 nitrogen and oxygen atoms in total. The molecule has 0 saturated carbocycles. The highest BCUT2D eigenvalue weighted by molar-refractivity contribution is 5.71. The van der Waals surface area contributed by atoms with Gasteiger partial charge in [0.25, 0.3) is 0 Å². The van der Waals surface area contributed by atoms with E-state index >= 15 is 0 Å². The number of unbranched alkanes of at least 4 members (excludes halogenated alkanes) is 38. The van der Waals surface area contributed by atoms with E-state index < -0.39 is 6.10 Å². The van der Waals surface area contributed by atoms with Crippen LogP contribution in [0.5, 0.6) is 0 Å². The van der Waals surface area contributed by atoms with E-state index in [0.29, 0.717) is 19.3 Å². The highest BCUT2D eigenvalue weighted by Gasteiger charge is 2.19. The summed E-state index contributed by atoms with van der Waals surface area (Å²) >= 11 is 0. The van der Waals surface area contributed by atoms with Crippen LogP contribution in [0.4, 0.5) is 0 Å². The number of ether oxygens (including phenoxy) is 3. The standard InChI is InChI=1S/C65H118O6/c1-4-7-10-13-16-19-22-25-27-29-31-33-35-36-38-40-43-46-49-52-55-58-64(67)70-61-62(60-69-63(66)57-54-51-48-45-42-24-21-18-15-12-9-6-3)71-65(68)59-56-53-50-47-44-41-39-37-34-32-30-28-26-23-20-17-14-11-8-5-2/h18,21-22,25,29,31,35-36,62H,4-17,19-20,23-24,26-28,30,32-34,37-61H2,1-3H3/b21-18-,25-22-,31-29-,36-35-. The Kier molecular flexibility index (Phi) is 57.7. The highest BCUT2D eigenvalue weighted by Crippen LogP contribution is 2.17. The summed E-state index contributed by atoms with van der Waals surface area (Å²) in [4.78, 5) is 38.2. The van der Waals surface area contributed by atoms with Crippen LogP contribution in [0.15, 0.2) is 48.6 Å². The van der Waals surface area contributed by atoms with E-state index in [-0.39, 0.29) is 31.1 Å². The summed E-state index contributed by atoms with van der Waals surface area (Å²) in [5.74, 6) is -0.881. The lowest BCUT2D eigenvalue weighted by Crippen LogP contribution is -2.30. The zero-order valence-corrected chi connectivity index (χ0v) is 47.5. The molecule has 6 heteroatoms. The Morgan fingerprint density at radius 1 is 0.282 bits per heavy atom. The summed E-state index contributed by atoms with van der Waals surface area (Å²) in [5.41, 5.74) is 0. The first-order chi connectivity index (χ1) is 35.0. The molecule has 0 spiro atoms. The third-order valence-electron chi connectivity index (χ3n) is 13.8. The predicted octanol–water partition coefficient (Wildman–Crippen LogP) is 21.0. The lowest BCUT2D eigenvalue weighted by molar-refractivity contribution is -0.167. The van der Waals surface area contributed by atoms with Gasteiger partial charge in [-0.05, 0) is 83.5 Å². The highest BCUT2D eigenvalue weighted by atomic mass is 16.6. The van der Waals surface area contributed by atoms with Gasteiger partial charge in [-0.2, -0.15) is 0 Å². The number of esters is 3. The van der Waals surface area contributed by atoms with Crippen LogP contribution in [-0.4, -0.2) is 37.2 Å². The van der Waals surface area contributed by atoms with Crippen molar-refractivity contribution in [2.24, 2.45) is 0 Å². The van der Waals surface area contributed by atoms with Gasteiger partial charge in [0.2, 0.25) is 0 Å². The number of carbonyl (C=O) groups excluding carboxylic acids is 3. The van der Waals surface area contributed by atoms with Crippen molar-refractivity contribution in [1.82, 2.24) is 0 Å². The predicted molar refractivity (Wildman–Crippen MR) is 307 cm³/mol. The largest absolute Gasteiger partial charge is 0.462 e. The lowest BCUT2D eigenvalue weighted by Gasteiger charge is -2.18. The summed E-state index contributed by atoms with van der Waals surface area (Å²) < 4.78 is 16.9. The molecule has 0 aliphatic rings. The SMILES string of the molecule is CCCCC/C=C\CCCCCCCC(=O)OCC(COC(=O)CCCCCCCC/C=C\C/C=C\C/C=C\CCCCCCC)OC(=O)CCCCCCCCCCCCCCCCCCCCCC. The molecule has 0 rings (SSSR count). The molecule has 0 amide bonds. The number of allylic oxidation sites excluding steroid dienone is 8. The Balaban J connectivity index is 4.32. The van der Waals surface area contributed by atoms with Gasteiger partial charge in [0.15, 0.2) is 6.10 Å².